The van der Waals surface area contributed by atoms with E-state index in [1.165, 1.54) is 21.2 Å². The lowest BCUT2D eigenvalue weighted by Gasteiger charge is -2.14. The summed E-state index contributed by atoms with van der Waals surface area (Å²) in [5.41, 5.74) is 9.50. The van der Waals surface area contributed by atoms with E-state index in [1.807, 2.05) is 42.5 Å². The largest absolute Gasteiger partial charge is 0.236 e. The van der Waals surface area contributed by atoms with Gasteiger partial charge in [-0.2, -0.15) is 0 Å². The van der Waals surface area contributed by atoms with Crippen LogP contribution in [0, 0.1) is 0 Å². The lowest BCUT2D eigenvalue weighted by molar-refractivity contribution is 1.18. The van der Waals surface area contributed by atoms with Crippen LogP contribution in [-0.2, 0) is 0 Å². The molecule has 0 saturated carbocycles. The lowest BCUT2D eigenvalue weighted by Crippen LogP contribution is -1.96. The predicted octanol–water partition coefficient (Wildman–Crippen LogP) is 10.6. The lowest BCUT2D eigenvalue weighted by atomic mass is 9.93. The van der Waals surface area contributed by atoms with E-state index in [0.29, 0.717) is 0 Å². The maximum atomic E-state index is 5.11. The fourth-order valence-electron chi connectivity index (χ4n) is 5.63. The van der Waals surface area contributed by atoms with Crippen LogP contribution < -0.4 is 0 Å². The molecule has 0 unspecified atom stereocenters. The summed E-state index contributed by atoms with van der Waals surface area (Å²) in [6, 6.07) is 52.7. The molecule has 0 spiro atoms. The highest BCUT2D eigenvalue weighted by atomic mass is 32.1. The number of hydrogen-bond acceptors (Lipinski definition) is 4. The number of benzene rings is 6. The average Bonchev–Trinajstić information content (AvgIpc) is 3.52. The summed E-state index contributed by atoms with van der Waals surface area (Å²) in [5.74, 6) is 0.718. The van der Waals surface area contributed by atoms with Gasteiger partial charge in [-0.3, -0.25) is 0 Å². The third-order valence-electron chi connectivity index (χ3n) is 7.75. The number of rotatable bonds is 5. The van der Waals surface area contributed by atoms with Crippen molar-refractivity contribution in [1.82, 2.24) is 15.0 Å². The van der Waals surface area contributed by atoms with Crippen molar-refractivity contribution in [3.8, 4) is 55.6 Å². The fourth-order valence-corrected chi connectivity index (χ4v) is 6.64. The third kappa shape index (κ3) is 4.78. The Kier molecular flexibility index (Phi) is 6.32. The van der Waals surface area contributed by atoms with E-state index >= 15 is 0 Å². The first-order valence-corrected chi connectivity index (χ1v) is 15.1. The van der Waals surface area contributed by atoms with Gasteiger partial charge in [-0.1, -0.05) is 133 Å². The number of thiazole rings is 1. The minimum atomic E-state index is 0.718. The molecule has 4 heteroatoms. The van der Waals surface area contributed by atoms with Crippen LogP contribution in [0.5, 0.6) is 0 Å². The quantitative estimate of drug-likeness (QED) is 0.208. The number of nitrogens with zero attached hydrogens (tertiary/aromatic N) is 3. The molecule has 8 rings (SSSR count). The van der Waals surface area contributed by atoms with E-state index in [2.05, 4.69) is 109 Å². The molecule has 0 N–H and O–H groups in total. The second-order valence-corrected chi connectivity index (χ2v) is 11.5. The van der Waals surface area contributed by atoms with Crippen LogP contribution >= 0.6 is 11.3 Å². The van der Waals surface area contributed by atoms with Gasteiger partial charge in [0, 0.05) is 22.3 Å². The molecule has 0 aliphatic carbocycles. The van der Waals surface area contributed by atoms with Gasteiger partial charge >= 0.3 is 0 Å². The van der Waals surface area contributed by atoms with Crippen LogP contribution in [0.25, 0.3) is 76.6 Å². The van der Waals surface area contributed by atoms with Crippen LogP contribution in [-0.4, -0.2) is 15.0 Å². The van der Waals surface area contributed by atoms with E-state index < -0.39 is 0 Å². The van der Waals surface area contributed by atoms with Gasteiger partial charge in [0.2, 0.25) is 0 Å². The van der Waals surface area contributed by atoms with Crippen molar-refractivity contribution in [2.24, 2.45) is 0 Å². The maximum Gasteiger partial charge on any atom is 0.160 e. The monoisotopic (exact) mass is 567 g/mol. The van der Waals surface area contributed by atoms with Crippen molar-refractivity contribution in [2.75, 3.05) is 0 Å². The summed E-state index contributed by atoms with van der Waals surface area (Å²) < 4.78 is 1.18. The van der Waals surface area contributed by atoms with Crippen LogP contribution in [0.3, 0.4) is 0 Å². The molecular weight excluding hydrogens is 543 g/mol. The highest BCUT2D eigenvalue weighted by molar-refractivity contribution is 7.21. The molecule has 6 aromatic carbocycles. The van der Waals surface area contributed by atoms with Gasteiger partial charge in [-0.15, -0.1) is 11.3 Å². The van der Waals surface area contributed by atoms with Gasteiger partial charge in [0.05, 0.1) is 21.6 Å². The number of aromatic nitrogens is 3. The molecule has 3 nitrogen and oxygen atoms in total. The fraction of sp³-hybridized carbons (Fsp3) is 0. The zero-order valence-corrected chi connectivity index (χ0v) is 24.0. The zero-order valence-electron chi connectivity index (χ0n) is 23.2. The average molecular weight is 568 g/mol. The highest BCUT2D eigenvalue weighted by Gasteiger charge is 2.15. The summed E-state index contributed by atoms with van der Waals surface area (Å²) in [6.45, 7) is 0. The predicted molar refractivity (Wildman–Crippen MR) is 180 cm³/mol. The van der Waals surface area contributed by atoms with Crippen LogP contribution in [0.1, 0.15) is 0 Å². The Bertz CT molecular complexity index is 2170. The van der Waals surface area contributed by atoms with E-state index in [0.717, 1.165) is 55.4 Å². The molecule has 2 aromatic heterocycles. The summed E-state index contributed by atoms with van der Waals surface area (Å²) in [5, 5.41) is 3.39. The number of fused-ring (bicyclic) bond motifs is 2. The van der Waals surface area contributed by atoms with Crippen LogP contribution in [0.2, 0.25) is 0 Å². The Morgan fingerprint density at radius 3 is 1.70 bits per heavy atom. The first-order chi connectivity index (χ1) is 21.3. The van der Waals surface area contributed by atoms with Gasteiger partial charge in [-0.25, -0.2) is 15.0 Å². The van der Waals surface area contributed by atoms with Crippen LogP contribution in [0.4, 0.5) is 0 Å². The third-order valence-corrected chi connectivity index (χ3v) is 8.82. The van der Waals surface area contributed by atoms with Crippen molar-refractivity contribution in [3.63, 3.8) is 0 Å². The summed E-state index contributed by atoms with van der Waals surface area (Å²) in [4.78, 5) is 15.0. The van der Waals surface area contributed by atoms with E-state index in [9.17, 15) is 0 Å². The van der Waals surface area contributed by atoms with Gasteiger partial charge < -0.3 is 0 Å². The second-order valence-electron chi connectivity index (χ2n) is 10.5. The topological polar surface area (TPSA) is 38.7 Å². The summed E-state index contributed by atoms with van der Waals surface area (Å²) >= 11 is 1.74. The molecule has 0 amide bonds. The Morgan fingerprint density at radius 2 is 0.977 bits per heavy atom. The van der Waals surface area contributed by atoms with Gasteiger partial charge in [0.25, 0.3) is 0 Å². The van der Waals surface area contributed by atoms with E-state index in [4.69, 9.17) is 15.0 Å². The van der Waals surface area contributed by atoms with Crippen molar-refractivity contribution in [2.45, 2.75) is 0 Å². The minimum Gasteiger partial charge on any atom is -0.236 e. The standard InChI is InChI=1S/C39H25N3S/c1-4-12-26(13-5-1)35-25-36(41-38(40-35)27-14-6-2-7-15-27)33-22-21-30(31-18-10-11-19-32(31)33)29-20-23-34-37(24-29)43-39(42-34)28-16-8-3-9-17-28/h1-25H. The number of hydrogen-bond donors (Lipinski definition) is 0. The molecule has 0 bridgehead atoms. The van der Waals surface area contributed by atoms with Crippen molar-refractivity contribution in [1.29, 1.82) is 0 Å². The smallest absolute Gasteiger partial charge is 0.160 e. The molecule has 0 aliphatic rings. The molecule has 0 atom stereocenters. The van der Waals surface area contributed by atoms with Gasteiger partial charge in [-0.05, 0) is 40.1 Å². The van der Waals surface area contributed by atoms with E-state index in [1.54, 1.807) is 11.3 Å². The Hall–Kier alpha value is -5.45. The summed E-state index contributed by atoms with van der Waals surface area (Å²) in [7, 11) is 0. The van der Waals surface area contributed by atoms with Crippen molar-refractivity contribution in [3.05, 3.63) is 152 Å². The molecule has 0 fully saturated rings. The molecule has 43 heavy (non-hydrogen) atoms. The van der Waals surface area contributed by atoms with Crippen LogP contribution in [0.15, 0.2) is 152 Å². The minimum absolute atomic E-state index is 0.718. The Morgan fingerprint density at radius 1 is 0.395 bits per heavy atom. The molecule has 202 valence electrons. The molecule has 0 saturated heterocycles. The highest BCUT2D eigenvalue weighted by Crippen LogP contribution is 2.39. The second kappa shape index (κ2) is 10.8. The Labute approximate surface area is 253 Å². The van der Waals surface area contributed by atoms with Crippen molar-refractivity contribution < 1.29 is 0 Å². The molecular formula is C39H25N3S. The first-order valence-electron chi connectivity index (χ1n) is 14.3. The van der Waals surface area contributed by atoms with Crippen molar-refractivity contribution >= 4 is 32.3 Å². The molecule has 0 aliphatic heterocycles. The van der Waals surface area contributed by atoms with Gasteiger partial charge in [0.1, 0.15) is 5.01 Å². The molecule has 8 aromatic rings. The summed E-state index contributed by atoms with van der Waals surface area (Å²) in [6.07, 6.45) is 0. The Balaban J connectivity index is 1.28. The normalized spacial score (nSPS) is 11.3. The van der Waals surface area contributed by atoms with E-state index in [-0.39, 0.29) is 0 Å². The van der Waals surface area contributed by atoms with Gasteiger partial charge in [0.15, 0.2) is 5.82 Å². The molecule has 0 radical (unpaired) electrons. The first kappa shape index (κ1) is 25.3. The SMILES string of the molecule is c1ccc(-c2cc(-c3ccc(-c4ccc5nc(-c6ccccc6)sc5c4)c4ccccc34)nc(-c3ccccc3)n2)cc1. The molecule has 2 heterocycles. The maximum absolute atomic E-state index is 5.11. The zero-order chi connectivity index (χ0) is 28.6.